The highest BCUT2D eigenvalue weighted by molar-refractivity contribution is 14.1. The van der Waals surface area contributed by atoms with Gasteiger partial charge >= 0.3 is 0 Å². The monoisotopic (exact) mass is 275 g/mol. The first-order chi connectivity index (χ1) is 5.86. The number of hydrogen-bond donors (Lipinski definition) is 0. The molecule has 0 radical (unpaired) electrons. The molecule has 1 fully saturated rings. The summed E-state index contributed by atoms with van der Waals surface area (Å²) in [5.74, 6) is 0.982. The van der Waals surface area contributed by atoms with Crippen LogP contribution >= 0.6 is 22.6 Å². The first-order valence-corrected chi connectivity index (χ1v) is 5.20. The molecule has 0 bridgehead atoms. The average molecular weight is 275 g/mol. The van der Waals surface area contributed by atoms with Gasteiger partial charge < -0.3 is 4.74 Å². The number of nitrogens with zero attached hydrogens (tertiary/aromatic N) is 1. The van der Waals surface area contributed by atoms with Gasteiger partial charge in [-0.3, -0.25) is 4.98 Å². The lowest BCUT2D eigenvalue weighted by molar-refractivity contribution is 0.119. The second-order valence-electron chi connectivity index (χ2n) is 2.98. The van der Waals surface area contributed by atoms with Crippen molar-refractivity contribution in [3.05, 3.63) is 22.0 Å². The van der Waals surface area contributed by atoms with Crippen LogP contribution in [0.4, 0.5) is 0 Å². The van der Waals surface area contributed by atoms with Gasteiger partial charge in [0.25, 0.3) is 0 Å². The van der Waals surface area contributed by atoms with Crippen molar-refractivity contribution < 1.29 is 4.74 Å². The van der Waals surface area contributed by atoms with Gasteiger partial charge in [0.15, 0.2) is 0 Å². The predicted molar refractivity (Wildman–Crippen MR) is 55.2 cm³/mol. The molecule has 1 aliphatic rings. The average Bonchev–Trinajstić information content (AvgIpc) is 2.00. The summed E-state index contributed by atoms with van der Waals surface area (Å²) in [6, 6.07) is 1.93. The summed E-state index contributed by atoms with van der Waals surface area (Å²) in [6.07, 6.45) is 7.79. The van der Waals surface area contributed by atoms with Crippen molar-refractivity contribution in [3.8, 4) is 5.75 Å². The highest BCUT2D eigenvalue weighted by Gasteiger charge is 2.19. The third-order valence-electron chi connectivity index (χ3n) is 2.08. The fourth-order valence-electron chi connectivity index (χ4n) is 1.13. The fraction of sp³-hybridized carbons (Fsp3) is 0.444. The van der Waals surface area contributed by atoms with Gasteiger partial charge in [-0.1, -0.05) is 0 Å². The van der Waals surface area contributed by atoms with Crippen LogP contribution in [-0.2, 0) is 0 Å². The molecule has 0 amide bonds. The minimum atomic E-state index is 0.459. The molecule has 1 saturated carbocycles. The predicted octanol–water partition coefficient (Wildman–Crippen LogP) is 2.62. The lowest BCUT2D eigenvalue weighted by atomic mass is 9.96. The van der Waals surface area contributed by atoms with Gasteiger partial charge in [0, 0.05) is 12.4 Å². The Labute approximate surface area is 85.5 Å². The van der Waals surface area contributed by atoms with E-state index in [4.69, 9.17) is 4.74 Å². The maximum absolute atomic E-state index is 5.73. The summed E-state index contributed by atoms with van der Waals surface area (Å²) < 4.78 is 6.83. The number of halogens is 1. The van der Waals surface area contributed by atoms with E-state index in [0.29, 0.717) is 6.10 Å². The lowest BCUT2D eigenvalue weighted by Crippen LogP contribution is -2.24. The Hall–Kier alpha value is -0.320. The van der Waals surface area contributed by atoms with Crippen LogP contribution in [-0.4, -0.2) is 11.1 Å². The molecular weight excluding hydrogens is 265 g/mol. The number of ether oxygens (including phenoxy) is 1. The number of hydrogen-bond acceptors (Lipinski definition) is 2. The molecule has 0 aliphatic heterocycles. The molecule has 2 nitrogen and oxygen atoms in total. The Kier molecular flexibility index (Phi) is 2.48. The quantitative estimate of drug-likeness (QED) is 0.774. The summed E-state index contributed by atoms with van der Waals surface area (Å²) in [5.41, 5.74) is 0. The first kappa shape index (κ1) is 8.29. The van der Waals surface area contributed by atoms with E-state index in [1.165, 1.54) is 19.3 Å². The maximum Gasteiger partial charge on any atom is 0.136 e. The molecule has 0 saturated heterocycles. The van der Waals surface area contributed by atoms with Crippen LogP contribution < -0.4 is 4.74 Å². The summed E-state index contributed by atoms with van der Waals surface area (Å²) in [4.78, 5) is 4.01. The summed E-state index contributed by atoms with van der Waals surface area (Å²) in [5, 5.41) is 0. The van der Waals surface area contributed by atoms with Crippen molar-refractivity contribution in [2.24, 2.45) is 0 Å². The molecule has 1 aromatic rings. The van der Waals surface area contributed by atoms with Crippen molar-refractivity contribution in [2.75, 3.05) is 0 Å². The molecule has 0 unspecified atom stereocenters. The van der Waals surface area contributed by atoms with E-state index in [9.17, 15) is 0 Å². The van der Waals surface area contributed by atoms with Crippen LogP contribution in [0.2, 0.25) is 0 Å². The molecule has 0 atom stereocenters. The Bertz CT molecular complexity index is 273. The molecule has 1 aliphatic carbocycles. The summed E-state index contributed by atoms with van der Waals surface area (Å²) in [7, 11) is 0. The molecule has 3 heteroatoms. The number of aromatic nitrogens is 1. The SMILES string of the molecule is Ic1cnccc1OC1CCC1. The molecule has 2 rings (SSSR count). The third kappa shape index (κ3) is 1.71. The van der Waals surface area contributed by atoms with E-state index in [-0.39, 0.29) is 0 Å². The van der Waals surface area contributed by atoms with E-state index in [1.807, 2.05) is 12.3 Å². The van der Waals surface area contributed by atoms with Gasteiger partial charge in [-0.2, -0.15) is 0 Å². The zero-order valence-corrected chi connectivity index (χ0v) is 8.82. The van der Waals surface area contributed by atoms with E-state index in [1.54, 1.807) is 6.20 Å². The van der Waals surface area contributed by atoms with Crippen molar-refractivity contribution in [1.29, 1.82) is 0 Å². The minimum absolute atomic E-state index is 0.459. The van der Waals surface area contributed by atoms with Gasteiger partial charge in [-0.05, 0) is 47.9 Å². The van der Waals surface area contributed by atoms with E-state index < -0.39 is 0 Å². The molecule has 12 heavy (non-hydrogen) atoms. The topological polar surface area (TPSA) is 22.1 Å². The largest absolute Gasteiger partial charge is 0.489 e. The molecule has 64 valence electrons. The van der Waals surface area contributed by atoms with Crippen LogP contribution in [0.5, 0.6) is 5.75 Å². The molecular formula is C9H10INO. The second-order valence-corrected chi connectivity index (χ2v) is 4.14. The van der Waals surface area contributed by atoms with Crippen molar-refractivity contribution in [2.45, 2.75) is 25.4 Å². The van der Waals surface area contributed by atoms with Crippen molar-refractivity contribution >= 4 is 22.6 Å². The Morgan fingerprint density at radius 2 is 2.33 bits per heavy atom. The summed E-state index contributed by atoms with van der Waals surface area (Å²) in [6.45, 7) is 0. The molecule has 0 aromatic carbocycles. The lowest BCUT2D eigenvalue weighted by Gasteiger charge is -2.26. The zero-order valence-electron chi connectivity index (χ0n) is 6.66. The first-order valence-electron chi connectivity index (χ1n) is 4.12. The van der Waals surface area contributed by atoms with Crippen LogP contribution in [0, 0.1) is 3.57 Å². The second kappa shape index (κ2) is 3.60. The van der Waals surface area contributed by atoms with E-state index >= 15 is 0 Å². The van der Waals surface area contributed by atoms with Crippen molar-refractivity contribution in [3.63, 3.8) is 0 Å². The van der Waals surface area contributed by atoms with Gasteiger partial charge in [-0.25, -0.2) is 0 Å². The summed E-state index contributed by atoms with van der Waals surface area (Å²) >= 11 is 2.25. The van der Waals surface area contributed by atoms with Crippen LogP contribution in [0.15, 0.2) is 18.5 Å². The van der Waals surface area contributed by atoms with Crippen LogP contribution in [0.25, 0.3) is 0 Å². The number of rotatable bonds is 2. The zero-order chi connectivity index (χ0) is 8.39. The number of pyridine rings is 1. The Balaban J connectivity index is 2.06. The smallest absolute Gasteiger partial charge is 0.136 e. The maximum atomic E-state index is 5.73. The fourth-order valence-corrected chi connectivity index (χ4v) is 1.59. The highest BCUT2D eigenvalue weighted by atomic mass is 127. The Morgan fingerprint density at radius 3 is 2.92 bits per heavy atom. The minimum Gasteiger partial charge on any atom is -0.489 e. The van der Waals surface area contributed by atoms with Crippen molar-refractivity contribution in [1.82, 2.24) is 4.98 Å². The normalized spacial score (nSPS) is 17.1. The standard InChI is InChI=1S/C9H10INO/c10-8-6-11-5-4-9(8)12-7-2-1-3-7/h4-7H,1-3H2. The van der Waals surface area contributed by atoms with Gasteiger partial charge in [0.1, 0.15) is 5.75 Å². The van der Waals surface area contributed by atoms with Gasteiger partial charge in [0.2, 0.25) is 0 Å². The van der Waals surface area contributed by atoms with E-state index in [2.05, 4.69) is 27.6 Å². The Morgan fingerprint density at radius 1 is 1.50 bits per heavy atom. The van der Waals surface area contributed by atoms with Crippen LogP contribution in [0.3, 0.4) is 0 Å². The van der Waals surface area contributed by atoms with Crippen LogP contribution in [0.1, 0.15) is 19.3 Å². The highest BCUT2D eigenvalue weighted by Crippen LogP contribution is 2.27. The third-order valence-corrected chi connectivity index (χ3v) is 2.89. The van der Waals surface area contributed by atoms with E-state index in [0.717, 1.165) is 9.32 Å². The molecule has 1 aromatic heterocycles. The molecule has 0 spiro atoms. The molecule has 1 heterocycles. The molecule has 0 N–H and O–H groups in total. The van der Waals surface area contributed by atoms with Gasteiger partial charge in [0.05, 0.1) is 9.67 Å². The van der Waals surface area contributed by atoms with Gasteiger partial charge in [-0.15, -0.1) is 0 Å².